The summed E-state index contributed by atoms with van der Waals surface area (Å²) >= 11 is 0. The molecule has 0 aliphatic carbocycles. The third-order valence-corrected chi connectivity index (χ3v) is 2.80. The van der Waals surface area contributed by atoms with Gasteiger partial charge < -0.3 is 14.8 Å². The normalized spacial score (nSPS) is 17.6. The minimum absolute atomic E-state index is 0.0697. The summed E-state index contributed by atoms with van der Waals surface area (Å²) in [6.45, 7) is 2.99. The largest absolute Gasteiger partial charge is 0.463 e. The van der Waals surface area contributed by atoms with E-state index >= 15 is 0 Å². The predicted octanol–water partition coefficient (Wildman–Crippen LogP) is 0.484. The molecule has 5 heteroatoms. The summed E-state index contributed by atoms with van der Waals surface area (Å²) in [6.07, 6.45) is 6.83. The molecule has 5 nitrogen and oxygen atoms in total. The van der Waals surface area contributed by atoms with Crippen LogP contribution in [0.1, 0.15) is 26.2 Å². The molecule has 1 heterocycles. The summed E-state index contributed by atoms with van der Waals surface area (Å²) in [7, 11) is 0. The SMILES string of the molecule is C#CCCOC(=O)C(C)NC(=O)C1CCOCC1. The number of carbonyl (C=O) groups excluding carboxylic acids is 2. The van der Waals surface area contributed by atoms with Gasteiger partial charge in [0.25, 0.3) is 0 Å². The van der Waals surface area contributed by atoms with Crippen molar-refractivity contribution in [2.24, 2.45) is 5.92 Å². The summed E-state index contributed by atoms with van der Waals surface area (Å²) < 4.78 is 10.1. The quantitative estimate of drug-likeness (QED) is 0.440. The molecule has 0 radical (unpaired) electrons. The zero-order valence-electron chi connectivity index (χ0n) is 10.6. The zero-order valence-corrected chi connectivity index (χ0v) is 10.6. The number of amides is 1. The van der Waals surface area contributed by atoms with Gasteiger partial charge >= 0.3 is 5.97 Å². The van der Waals surface area contributed by atoms with Crippen molar-refractivity contribution in [2.75, 3.05) is 19.8 Å². The molecule has 0 aromatic rings. The summed E-state index contributed by atoms with van der Waals surface area (Å²) in [5.74, 6) is 1.74. The first-order valence-corrected chi connectivity index (χ1v) is 6.13. The molecule has 100 valence electrons. The molecule has 1 rings (SSSR count). The van der Waals surface area contributed by atoms with E-state index in [9.17, 15) is 9.59 Å². The van der Waals surface area contributed by atoms with Gasteiger partial charge in [-0.2, -0.15) is 0 Å². The highest BCUT2D eigenvalue weighted by Crippen LogP contribution is 2.14. The van der Waals surface area contributed by atoms with Crippen LogP contribution >= 0.6 is 0 Å². The minimum atomic E-state index is -0.641. The predicted molar refractivity (Wildman–Crippen MR) is 65.6 cm³/mol. The Kier molecular flexibility index (Phi) is 6.23. The highest BCUT2D eigenvalue weighted by atomic mass is 16.5. The molecule has 0 aromatic heterocycles. The van der Waals surface area contributed by atoms with Crippen LogP contribution in [0.2, 0.25) is 0 Å². The van der Waals surface area contributed by atoms with Gasteiger partial charge in [-0.05, 0) is 19.8 Å². The number of terminal acetylenes is 1. The van der Waals surface area contributed by atoms with Gasteiger partial charge in [0.1, 0.15) is 12.6 Å². The van der Waals surface area contributed by atoms with Crippen molar-refractivity contribution in [2.45, 2.75) is 32.2 Å². The third-order valence-electron chi connectivity index (χ3n) is 2.80. The Bertz CT molecular complexity index is 328. The summed E-state index contributed by atoms with van der Waals surface area (Å²) in [5, 5.41) is 2.66. The monoisotopic (exact) mass is 253 g/mol. The first kappa shape index (κ1) is 14.5. The van der Waals surface area contributed by atoms with E-state index in [0.717, 1.165) is 0 Å². The number of nitrogens with one attached hydrogen (secondary N) is 1. The Labute approximate surface area is 107 Å². The lowest BCUT2D eigenvalue weighted by Crippen LogP contribution is -2.43. The van der Waals surface area contributed by atoms with Crippen molar-refractivity contribution in [3.63, 3.8) is 0 Å². The van der Waals surface area contributed by atoms with E-state index in [2.05, 4.69) is 11.2 Å². The lowest BCUT2D eigenvalue weighted by molar-refractivity contribution is -0.148. The van der Waals surface area contributed by atoms with Gasteiger partial charge in [-0.1, -0.05) is 0 Å². The summed E-state index contributed by atoms with van der Waals surface area (Å²) in [5.41, 5.74) is 0. The zero-order chi connectivity index (χ0) is 13.4. The van der Waals surface area contributed by atoms with Crippen LogP contribution in [0, 0.1) is 18.3 Å². The maximum atomic E-state index is 11.8. The molecule has 1 aliphatic rings. The average Bonchev–Trinajstić information content (AvgIpc) is 2.39. The van der Waals surface area contributed by atoms with Gasteiger partial charge in [0.15, 0.2) is 0 Å². The van der Waals surface area contributed by atoms with Crippen LogP contribution < -0.4 is 5.32 Å². The van der Waals surface area contributed by atoms with E-state index in [-0.39, 0.29) is 18.4 Å². The van der Waals surface area contributed by atoms with E-state index in [0.29, 0.717) is 32.5 Å². The van der Waals surface area contributed by atoms with Gasteiger partial charge in [-0.3, -0.25) is 4.79 Å². The molecular weight excluding hydrogens is 234 g/mol. The lowest BCUT2D eigenvalue weighted by Gasteiger charge is -2.22. The lowest BCUT2D eigenvalue weighted by atomic mass is 9.99. The number of hydrogen-bond donors (Lipinski definition) is 1. The smallest absolute Gasteiger partial charge is 0.328 e. The third kappa shape index (κ3) is 4.76. The van der Waals surface area contributed by atoms with Gasteiger partial charge in [-0.25, -0.2) is 4.79 Å². The van der Waals surface area contributed by atoms with Crippen LogP contribution in [0.25, 0.3) is 0 Å². The fourth-order valence-corrected chi connectivity index (χ4v) is 1.69. The molecule has 1 aliphatic heterocycles. The first-order chi connectivity index (χ1) is 8.65. The number of hydrogen-bond acceptors (Lipinski definition) is 4. The molecule has 1 amide bonds. The molecule has 1 fully saturated rings. The first-order valence-electron chi connectivity index (χ1n) is 6.13. The Morgan fingerprint density at radius 1 is 1.50 bits per heavy atom. The molecule has 1 atom stereocenters. The van der Waals surface area contributed by atoms with Crippen LogP contribution in [0.5, 0.6) is 0 Å². The minimum Gasteiger partial charge on any atom is -0.463 e. The van der Waals surface area contributed by atoms with Gasteiger partial charge in [0, 0.05) is 25.6 Å². The van der Waals surface area contributed by atoms with E-state index in [1.165, 1.54) is 0 Å². The maximum Gasteiger partial charge on any atom is 0.328 e. The number of esters is 1. The molecule has 0 bridgehead atoms. The standard InChI is InChI=1S/C13H19NO4/c1-3-4-7-18-13(16)10(2)14-12(15)11-5-8-17-9-6-11/h1,10-11H,4-9H2,2H3,(H,14,15). The van der Waals surface area contributed by atoms with Crippen molar-refractivity contribution in [3.8, 4) is 12.3 Å². The fourth-order valence-electron chi connectivity index (χ4n) is 1.69. The van der Waals surface area contributed by atoms with Crippen LogP contribution in [0.4, 0.5) is 0 Å². The van der Waals surface area contributed by atoms with E-state index in [1.807, 2.05) is 0 Å². The van der Waals surface area contributed by atoms with Crippen LogP contribution in [0.15, 0.2) is 0 Å². The molecule has 1 N–H and O–H groups in total. The van der Waals surface area contributed by atoms with Crippen molar-refractivity contribution in [1.82, 2.24) is 5.32 Å². The van der Waals surface area contributed by atoms with E-state index < -0.39 is 12.0 Å². The Morgan fingerprint density at radius 3 is 2.78 bits per heavy atom. The highest BCUT2D eigenvalue weighted by molar-refractivity contribution is 5.85. The average molecular weight is 253 g/mol. The van der Waals surface area contributed by atoms with Gasteiger partial charge in [0.05, 0.1) is 0 Å². The molecule has 18 heavy (non-hydrogen) atoms. The second kappa shape index (κ2) is 7.72. The molecule has 1 unspecified atom stereocenters. The highest BCUT2D eigenvalue weighted by Gasteiger charge is 2.25. The Morgan fingerprint density at radius 2 is 2.17 bits per heavy atom. The second-order valence-electron chi connectivity index (χ2n) is 4.24. The topological polar surface area (TPSA) is 64.6 Å². The van der Waals surface area contributed by atoms with Crippen molar-refractivity contribution in [1.29, 1.82) is 0 Å². The van der Waals surface area contributed by atoms with E-state index in [1.54, 1.807) is 6.92 Å². The molecular formula is C13H19NO4. The Hall–Kier alpha value is -1.54. The molecule has 1 saturated heterocycles. The number of carbonyl (C=O) groups is 2. The maximum absolute atomic E-state index is 11.8. The van der Waals surface area contributed by atoms with E-state index in [4.69, 9.17) is 15.9 Å². The van der Waals surface area contributed by atoms with Crippen LogP contribution in [-0.4, -0.2) is 37.7 Å². The summed E-state index contributed by atoms with van der Waals surface area (Å²) in [4.78, 5) is 23.3. The van der Waals surface area contributed by atoms with Crippen molar-refractivity contribution < 1.29 is 19.1 Å². The molecule has 0 spiro atoms. The Balaban J connectivity index is 2.29. The van der Waals surface area contributed by atoms with Crippen LogP contribution in [0.3, 0.4) is 0 Å². The molecule has 0 aromatic carbocycles. The second-order valence-corrected chi connectivity index (χ2v) is 4.24. The fraction of sp³-hybridized carbons (Fsp3) is 0.692. The van der Waals surface area contributed by atoms with Gasteiger partial charge in [0.2, 0.25) is 5.91 Å². The molecule has 0 saturated carbocycles. The number of rotatable bonds is 5. The van der Waals surface area contributed by atoms with Gasteiger partial charge in [-0.15, -0.1) is 12.3 Å². The van der Waals surface area contributed by atoms with Crippen molar-refractivity contribution >= 4 is 11.9 Å². The summed E-state index contributed by atoms with van der Waals surface area (Å²) in [6, 6.07) is -0.641. The number of ether oxygens (including phenoxy) is 2. The van der Waals surface area contributed by atoms with Crippen molar-refractivity contribution in [3.05, 3.63) is 0 Å². The van der Waals surface area contributed by atoms with Crippen LogP contribution in [-0.2, 0) is 19.1 Å².